The highest BCUT2D eigenvalue weighted by Crippen LogP contribution is 2.25. The van der Waals surface area contributed by atoms with Crippen LogP contribution in [0, 0.1) is 5.82 Å². The molecular weight excluding hydrogens is 293 g/mol. The lowest BCUT2D eigenvalue weighted by Gasteiger charge is -2.12. The number of aliphatic hydroxyl groups is 1. The van der Waals surface area contributed by atoms with E-state index in [4.69, 9.17) is 9.84 Å². The second-order valence-electron chi connectivity index (χ2n) is 3.51. The van der Waals surface area contributed by atoms with Crippen molar-refractivity contribution in [3.05, 3.63) is 28.5 Å². The Morgan fingerprint density at radius 2 is 2.35 bits per heavy atom. The molecule has 0 saturated carbocycles. The van der Waals surface area contributed by atoms with Crippen LogP contribution >= 0.6 is 15.9 Å². The van der Waals surface area contributed by atoms with Gasteiger partial charge in [-0.05, 0) is 41.1 Å². The van der Waals surface area contributed by atoms with Gasteiger partial charge in [0.05, 0.1) is 11.1 Å². The average molecular weight is 306 g/mol. The molecule has 4 nitrogen and oxygen atoms in total. The molecule has 0 aliphatic carbocycles. The lowest BCUT2D eigenvalue weighted by molar-refractivity contribution is -0.124. The number of halogens is 2. The van der Waals surface area contributed by atoms with Crippen molar-refractivity contribution in [2.75, 3.05) is 13.2 Å². The standard InChI is InChI=1S/C11H13BrFNO3/c1-7(5-15)14-11(16)6-17-10-3-2-8(13)4-9(10)12/h2-4,7,15H,5-6H2,1H3,(H,14,16)/t7-/m0/s1. The van der Waals surface area contributed by atoms with E-state index in [1.165, 1.54) is 18.2 Å². The topological polar surface area (TPSA) is 58.6 Å². The summed E-state index contributed by atoms with van der Waals surface area (Å²) in [4.78, 5) is 11.3. The fourth-order valence-electron chi connectivity index (χ4n) is 1.10. The van der Waals surface area contributed by atoms with Gasteiger partial charge in [0.15, 0.2) is 6.61 Å². The van der Waals surface area contributed by atoms with Gasteiger partial charge in [-0.25, -0.2) is 4.39 Å². The summed E-state index contributed by atoms with van der Waals surface area (Å²) in [7, 11) is 0. The minimum absolute atomic E-state index is 0.133. The number of amides is 1. The van der Waals surface area contributed by atoms with Crippen LogP contribution in [0.5, 0.6) is 5.75 Å². The van der Waals surface area contributed by atoms with Crippen molar-refractivity contribution < 1.29 is 19.0 Å². The Morgan fingerprint density at radius 1 is 1.65 bits per heavy atom. The predicted octanol–water partition coefficient (Wildman–Crippen LogP) is 1.46. The number of nitrogens with one attached hydrogen (secondary N) is 1. The van der Waals surface area contributed by atoms with Gasteiger partial charge in [0.2, 0.25) is 0 Å². The van der Waals surface area contributed by atoms with Crippen LogP contribution in [-0.4, -0.2) is 30.3 Å². The molecule has 0 fully saturated rings. The number of aliphatic hydroxyl groups excluding tert-OH is 1. The van der Waals surface area contributed by atoms with E-state index in [1.807, 2.05) is 0 Å². The summed E-state index contributed by atoms with van der Waals surface area (Å²) < 4.78 is 18.4. The smallest absolute Gasteiger partial charge is 0.258 e. The van der Waals surface area contributed by atoms with E-state index in [1.54, 1.807) is 6.92 Å². The van der Waals surface area contributed by atoms with Crippen molar-refractivity contribution >= 4 is 21.8 Å². The van der Waals surface area contributed by atoms with Crippen LogP contribution in [0.3, 0.4) is 0 Å². The molecule has 0 aliphatic heterocycles. The highest BCUT2D eigenvalue weighted by molar-refractivity contribution is 9.10. The Hall–Kier alpha value is -1.14. The lowest BCUT2D eigenvalue weighted by atomic mass is 10.3. The Morgan fingerprint density at radius 3 is 2.94 bits per heavy atom. The van der Waals surface area contributed by atoms with Crippen LogP contribution in [0.2, 0.25) is 0 Å². The van der Waals surface area contributed by atoms with Gasteiger partial charge in [-0.3, -0.25) is 4.79 Å². The second kappa shape index (κ2) is 6.56. The Labute approximate surface area is 107 Å². The van der Waals surface area contributed by atoms with Gasteiger partial charge in [0.1, 0.15) is 11.6 Å². The summed E-state index contributed by atoms with van der Waals surface area (Å²) in [6.07, 6.45) is 0. The molecule has 1 rings (SSSR count). The van der Waals surface area contributed by atoms with Crippen LogP contribution in [0.1, 0.15) is 6.92 Å². The Bertz CT molecular complexity index is 400. The largest absolute Gasteiger partial charge is 0.483 e. The first-order chi connectivity index (χ1) is 8.02. The van der Waals surface area contributed by atoms with Gasteiger partial charge >= 0.3 is 0 Å². The zero-order valence-electron chi connectivity index (χ0n) is 9.24. The van der Waals surface area contributed by atoms with E-state index in [-0.39, 0.29) is 31.0 Å². The van der Waals surface area contributed by atoms with E-state index in [0.29, 0.717) is 10.2 Å². The van der Waals surface area contributed by atoms with Gasteiger partial charge in [0, 0.05) is 6.04 Å². The second-order valence-corrected chi connectivity index (χ2v) is 4.37. The van der Waals surface area contributed by atoms with Gasteiger partial charge in [-0.2, -0.15) is 0 Å². The highest BCUT2D eigenvalue weighted by Gasteiger charge is 2.08. The molecule has 2 N–H and O–H groups in total. The van der Waals surface area contributed by atoms with E-state index in [2.05, 4.69) is 21.2 Å². The summed E-state index contributed by atoms with van der Waals surface area (Å²) in [5.41, 5.74) is 0. The van der Waals surface area contributed by atoms with Crippen molar-refractivity contribution in [2.45, 2.75) is 13.0 Å². The van der Waals surface area contributed by atoms with E-state index in [0.717, 1.165) is 0 Å². The molecule has 6 heteroatoms. The number of carbonyl (C=O) groups excluding carboxylic acids is 1. The summed E-state index contributed by atoms with van der Waals surface area (Å²) in [5, 5.41) is 11.3. The molecule has 0 saturated heterocycles. The summed E-state index contributed by atoms with van der Waals surface area (Å²) in [6.45, 7) is 1.35. The predicted molar refractivity (Wildman–Crippen MR) is 64.3 cm³/mol. The first kappa shape index (κ1) is 13.9. The molecule has 0 heterocycles. The van der Waals surface area contributed by atoms with E-state index >= 15 is 0 Å². The third-order valence-electron chi connectivity index (χ3n) is 1.93. The van der Waals surface area contributed by atoms with Crippen molar-refractivity contribution in [1.82, 2.24) is 5.32 Å². The molecular formula is C11H13BrFNO3. The molecule has 1 amide bonds. The van der Waals surface area contributed by atoms with Gasteiger partial charge < -0.3 is 15.2 Å². The first-order valence-corrected chi connectivity index (χ1v) is 5.80. The first-order valence-electron chi connectivity index (χ1n) is 5.01. The maximum Gasteiger partial charge on any atom is 0.258 e. The normalized spacial score (nSPS) is 12.0. The van der Waals surface area contributed by atoms with E-state index < -0.39 is 0 Å². The number of hydrogen-bond acceptors (Lipinski definition) is 3. The average Bonchev–Trinajstić information content (AvgIpc) is 2.27. The Kier molecular flexibility index (Phi) is 5.37. The molecule has 0 aliphatic rings. The third kappa shape index (κ3) is 4.70. The zero-order valence-corrected chi connectivity index (χ0v) is 10.8. The van der Waals surface area contributed by atoms with Crippen molar-refractivity contribution in [2.24, 2.45) is 0 Å². The molecule has 0 unspecified atom stereocenters. The fraction of sp³-hybridized carbons (Fsp3) is 0.364. The molecule has 94 valence electrons. The SMILES string of the molecule is C[C@@H](CO)NC(=O)COc1ccc(F)cc1Br. The van der Waals surface area contributed by atoms with Crippen molar-refractivity contribution in [3.8, 4) is 5.75 Å². The van der Waals surface area contributed by atoms with Gasteiger partial charge in [-0.15, -0.1) is 0 Å². The molecule has 1 atom stereocenters. The molecule has 17 heavy (non-hydrogen) atoms. The number of ether oxygens (including phenoxy) is 1. The summed E-state index contributed by atoms with van der Waals surface area (Å²) >= 11 is 3.13. The molecule has 0 radical (unpaired) electrons. The van der Waals surface area contributed by atoms with Crippen LogP contribution in [0.15, 0.2) is 22.7 Å². The van der Waals surface area contributed by atoms with Crippen LogP contribution in [-0.2, 0) is 4.79 Å². The molecule has 1 aromatic rings. The van der Waals surface area contributed by atoms with Crippen molar-refractivity contribution in [3.63, 3.8) is 0 Å². The highest BCUT2D eigenvalue weighted by atomic mass is 79.9. The lowest BCUT2D eigenvalue weighted by Crippen LogP contribution is -2.38. The number of carbonyl (C=O) groups is 1. The van der Waals surface area contributed by atoms with Crippen LogP contribution in [0.4, 0.5) is 4.39 Å². The number of benzene rings is 1. The van der Waals surface area contributed by atoms with Crippen LogP contribution in [0.25, 0.3) is 0 Å². The minimum atomic E-state index is -0.387. The number of hydrogen-bond donors (Lipinski definition) is 2. The minimum Gasteiger partial charge on any atom is -0.483 e. The third-order valence-corrected chi connectivity index (χ3v) is 2.55. The Balaban J connectivity index is 2.47. The summed E-state index contributed by atoms with van der Waals surface area (Å²) in [5.74, 6) is -0.344. The monoisotopic (exact) mass is 305 g/mol. The zero-order chi connectivity index (χ0) is 12.8. The molecule has 0 spiro atoms. The quantitative estimate of drug-likeness (QED) is 0.866. The number of rotatable bonds is 5. The molecule has 0 bridgehead atoms. The summed E-state index contributed by atoms with van der Waals surface area (Å²) in [6, 6.07) is 3.61. The van der Waals surface area contributed by atoms with Crippen LogP contribution < -0.4 is 10.1 Å². The molecule has 0 aromatic heterocycles. The van der Waals surface area contributed by atoms with E-state index in [9.17, 15) is 9.18 Å². The van der Waals surface area contributed by atoms with Gasteiger partial charge in [-0.1, -0.05) is 0 Å². The molecule has 1 aromatic carbocycles. The maximum absolute atomic E-state index is 12.8. The van der Waals surface area contributed by atoms with Crippen molar-refractivity contribution in [1.29, 1.82) is 0 Å². The van der Waals surface area contributed by atoms with Gasteiger partial charge in [0.25, 0.3) is 5.91 Å². The fourth-order valence-corrected chi connectivity index (χ4v) is 1.56. The maximum atomic E-state index is 12.8.